The predicted molar refractivity (Wildman–Crippen MR) is 75.1 cm³/mol. The van der Waals surface area contributed by atoms with Gasteiger partial charge in [0.15, 0.2) is 0 Å². The number of benzene rings is 1. The van der Waals surface area contributed by atoms with Gasteiger partial charge in [-0.2, -0.15) is 0 Å². The molecular formula is C15H20O2S. The molecule has 0 bridgehead atoms. The predicted octanol–water partition coefficient (Wildman–Crippen LogP) is 4.13. The minimum atomic E-state index is -0.765. The fourth-order valence-corrected chi connectivity index (χ4v) is 3.66. The van der Waals surface area contributed by atoms with E-state index < -0.39 is 5.97 Å². The van der Waals surface area contributed by atoms with Crippen molar-refractivity contribution in [2.45, 2.75) is 55.1 Å². The Morgan fingerprint density at radius 2 is 1.72 bits per heavy atom. The van der Waals surface area contributed by atoms with Crippen LogP contribution in [-0.4, -0.2) is 16.3 Å². The van der Waals surface area contributed by atoms with Crippen molar-refractivity contribution >= 4 is 17.7 Å². The SMILES string of the molecule is O=C(O)Cc1ccc(SC2CCCCCC2)cc1. The molecule has 1 aliphatic carbocycles. The Balaban J connectivity index is 1.90. The van der Waals surface area contributed by atoms with Crippen LogP contribution in [0.2, 0.25) is 0 Å². The first kappa shape index (κ1) is 13.5. The Hall–Kier alpha value is -0.960. The quantitative estimate of drug-likeness (QED) is 0.831. The molecule has 1 aromatic carbocycles. The second-order valence-electron chi connectivity index (χ2n) is 4.95. The van der Waals surface area contributed by atoms with Gasteiger partial charge in [0, 0.05) is 10.1 Å². The molecule has 1 aliphatic rings. The van der Waals surface area contributed by atoms with Gasteiger partial charge < -0.3 is 5.11 Å². The molecule has 2 nitrogen and oxygen atoms in total. The van der Waals surface area contributed by atoms with Crippen LogP contribution in [0.4, 0.5) is 0 Å². The van der Waals surface area contributed by atoms with E-state index in [9.17, 15) is 4.79 Å². The molecule has 3 heteroatoms. The lowest BCUT2D eigenvalue weighted by Gasteiger charge is -2.13. The van der Waals surface area contributed by atoms with E-state index in [0.717, 1.165) is 10.8 Å². The molecule has 0 unspecified atom stereocenters. The topological polar surface area (TPSA) is 37.3 Å². The van der Waals surface area contributed by atoms with Crippen LogP contribution in [0.15, 0.2) is 29.2 Å². The van der Waals surface area contributed by atoms with Gasteiger partial charge in [0.25, 0.3) is 0 Å². The first-order valence-electron chi connectivity index (χ1n) is 6.71. The van der Waals surface area contributed by atoms with Crippen molar-refractivity contribution in [3.63, 3.8) is 0 Å². The van der Waals surface area contributed by atoms with Crippen molar-refractivity contribution in [2.24, 2.45) is 0 Å². The molecule has 2 rings (SSSR count). The van der Waals surface area contributed by atoms with Crippen LogP contribution in [-0.2, 0) is 11.2 Å². The first-order valence-corrected chi connectivity index (χ1v) is 7.59. The minimum absolute atomic E-state index is 0.119. The summed E-state index contributed by atoms with van der Waals surface area (Å²) in [6.07, 6.45) is 8.24. The van der Waals surface area contributed by atoms with E-state index in [4.69, 9.17) is 5.11 Å². The van der Waals surface area contributed by atoms with E-state index in [1.807, 2.05) is 23.9 Å². The maximum absolute atomic E-state index is 10.6. The second-order valence-corrected chi connectivity index (χ2v) is 6.32. The zero-order chi connectivity index (χ0) is 12.8. The zero-order valence-corrected chi connectivity index (χ0v) is 11.4. The average Bonchev–Trinajstić information content (AvgIpc) is 2.60. The number of rotatable bonds is 4. The monoisotopic (exact) mass is 264 g/mol. The Kier molecular flexibility index (Phi) is 5.12. The molecule has 1 N–H and O–H groups in total. The first-order chi connectivity index (χ1) is 8.74. The summed E-state index contributed by atoms with van der Waals surface area (Å²) in [7, 11) is 0. The third-order valence-corrected chi connectivity index (χ3v) is 4.73. The summed E-state index contributed by atoms with van der Waals surface area (Å²) in [5, 5.41) is 9.47. The molecular weight excluding hydrogens is 244 g/mol. The lowest BCUT2D eigenvalue weighted by molar-refractivity contribution is -0.136. The highest BCUT2D eigenvalue weighted by Crippen LogP contribution is 2.32. The summed E-state index contributed by atoms with van der Waals surface area (Å²) in [6.45, 7) is 0. The van der Waals surface area contributed by atoms with Crippen molar-refractivity contribution in [3.05, 3.63) is 29.8 Å². The fraction of sp³-hybridized carbons (Fsp3) is 0.533. The normalized spacial score (nSPS) is 17.3. The molecule has 0 heterocycles. The second kappa shape index (κ2) is 6.83. The highest BCUT2D eigenvalue weighted by molar-refractivity contribution is 8.00. The number of carboxylic acid groups (broad SMARTS) is 1. The average molecular weight is 264 g/mol. The summed E-state index contributed by atoms with van der Waals surface area (Å²) in [6, 6.07) is 8.00. The largest absolute Gasteiger partial charge is 0.481 e. The molecule has 1 aromatic rings. The molecule has 0 amide bonds. The van der Waals surface area contributed by atoms with Gasteiger partial charge in [-0.3, -0.25) is 4.79 Å². The van der Waals surface area contributed by atoms with Crippen LogP contribution in [0.3, 0.4) is 0 Å². The molecule has 0 radical (unpaired) electrons. The van der Waals surface area contributed by atoms with Gasteiger partial charge in [-0.15, -0.1) is 11.8 Å². The summed E-state index contributed by atoms with van der Waals surface area (Å²) in [5.41, 5.74) is 0.882. The zero-order valence-electron chi connectivity index (χ0n) is 10.6. The van der Waals surface area contributed by atoms with Gasteiger partial charge in [0.2, 0.25) is 0 Å². The molecule has 98 valence electrons. The van der Waals surface area contributed by atoms with Crippen LogP contribution in [0.25, 0.3) is 0 Å². The highest BCUT2D eigenvalue weighted by atomic mass is 32.2. The van der Waals surface area contributed by atoms with Crippen LogP contribution in [0.5, 0.6) is 0 Å². The van der Waals surface area contributed by atoms with E-state index in [1.54, 1.807) is 0 Å². The molecule has 0 aromatic heterocycles. The van der Waals surface area contributed by atoms with Crippen molar-refractivity contribution in [2.75, 3.05) is 0 Å². The molecule has 0 atom stereocenters. The number of hydrogen-bond donors (Lipinski definition) is 1. The highest BCUT2D eigenvalue weighted by Gasteiger charge is 2.13. The Morgan fingerprint density at radius 1 is 1.11 bits per heavy atom. The molecule has 18 heavy (non-hydrogen) atoms. The van der Waals surface area contributed by atoms with Crippen LogP contribution < -0.4 is 0 Å². The Morgan fingerprint density at radius 3 is 2.28 bits per heavy atom. The van der Waals surface area contributed by atoms with Crippen molar-refractivity contribution in [1.29, 1.82) is 0 Å². The number of aliphatic carboxylic acids is 1. The van der Waals surface area contributed by atoms with Gasteiger partial charge >= 0.3 is 5.97 Å². The number of thioether (sulfide) groups is 1. The van der Waals surface area contributed by atoms with Crippen molar-refractivity contribution in [3.8, 4) is 0 Å². The molecule has 0 saturated heterocycles. The number of carbonyl (C=O) groups is 1. The molecule has 1 fully saturated rings. The smallest absolute Gasteiger partial charge is 0.307 e. The van der Waals surface area contributed by atoms with Crippen molar-refractivity contribution < 1.29 is 9.90 Å². The third-order valence-electron chi connectivity index (χ3n) is 3.38. The summed E-state index contributed by atoms with van der Waals surface area (Å²) in [5.74, 6) is -0.765. The fourth-order valence-electron chi connectivity index (χ4n) is 2.41. The van der Waals surface area contributed by atoms with E-state index >= 15 is 0 Å². The Bertz CT molecular complexity index is 378. The van der Waals surface area contributed by atoms with Crippen LogP contribution in [0, 0.1) is 0 Å². The number of hydrogen-bond acceptors (Lipinski definition) is 2. The lowest BCUT2D eigenvalue weighted by Crippen LogP contribution is -2.01. The maximum atomic E-state index is 10.6. The molecule has 1 saturated carbocycles. The standard InChI is InChI=1S/C15H20O2S/c16-15(17)11-12-7-9-14(10-8-12)18-13-5-3-1-2-4-6-13/h7-10,13H,1-6,11H2,(H,16,17). The lowest BCUT2D eigenvalue weighted by atomic mass is 10.2. The van der Waals surface area contributed by atoms with Crippen molar-refractivity contribution in [1.82, 2.24) is 0 Å². The van der Waals surface area contributed by atoms with E-state index in [0.29, 0.717) is 0 Å². The van der Waals surface area contributed by atoms with Gasteiger partial charge in [-0.25, -0.2) is 0 Å². The van der Waals surface area contributed by atoms with E-state index in [2.05, 4.69) is 12.1 Å². The number of carboxylic acids is 1. The maximum Gasteiger partial charge on any atom is 0.307 e. The van der Waals surface area contributed by atoms with E-state index in [-0.39, 0.29) is 6.42 Å². The molecule has 0 spiro atoms. The summed E-state index contributed by atoms with van der Waals surface area (Å²) >= 11 is 1.96. The van der Waals surface area contributed by atoms with Gasteiger partial charge in [-0.1, -0.05) is 37.8 Å². The molecule has 0 aliphatic heterocycles. The van der Waals surface area contributed by atoms with Gasteiger partial charge in [0.05, 0.1) is 6.42 Å². The van der Waals surface area contributed by atoms with E-state index in [1.165, 1.54) is 43.4 Å². The summed E-state index contributed by atoms with van der Waals surface area (Å²) < 4.78 is 0. The third kappa shape index (κ3) is 4.37. The minimum Gasteiger partial charge on any atom is -0.481 e. The van der Waals surface area contributed by atoms with Gasteiger partial charge in [-0.05, 0) is 30.5 Å². The van der Waals surface area contributed by atoms with Gasteiger partial charge in [0.1, 0.15) is 0 Å². The van der Waals surface area contributed by atoms with Crippen LogP contribution >= 0.6 is 11.8 Å². The Labute approximate surface area is 113 Å². The summed E-state index contributed by atoms with van der Waals surface area (Å²) in [4.78, 5) is 11.9. The van der Waals surface area contributed by atoms with Crippen LogP contribution in [0.1, 0.15) is 44.1 Å².